The van der Waals surface area contributed by atoms with Crippen molar-refractivity contribution < 1.29 is 28.6 Å². The number of hydrogen-bond donors (Lipinski definition) is 1. The Hall–Kier alpha value is -3.35. The van der Waals surface area contributed by atoms with Crippen molar-refractivity contribution in [2.24, 2.45) is 0 Å². The van der Waals surface area contributed by atoms with E-state index in [9.17, 15) is 14.4 Å². The van der Waals surface area contributed by atoms with Gasteiger partial charge in [0.15, 0.2) is 6.61 Å². The number of amides is 1. The molecule has 0 radical (unpaired) electrons. The van der Waals surface area contributed by atoms with Crippen molar-refractivity contribution in [3.05, 3.63) is 65.7 Å². The summed E-state index contributed by atoms with van der Waals surface area (Å²) in [6.07, 6.45) is 0.283. The minimum atomic E-state index is -0.762. The van der Waals surface area contributed by atoms with E-state index < -0.39 is 18.0 Å². The number of esters is 2. The number of methoxy groups -OCH3 is 1. The third-order valence-electron chi connectivity index (χ3n) is 3.83. The summed E-state index contributed by atoms with van der Waals surface area (Å²) in [5.41, 5.74) is 1.71. The molecule has 0 aliphatic rings. The van der Waals surface area contributed by atoms with Crippen molar-refractivity contribution in [2.75, 3.05) is 13.7 Å². The molecule has 1 atom stereocenters. The van der Waals surface area contributed by atoms with Crippen molar-refractivity contribution in [1.82, 2.24) is 5.32 Å². The predicted octanol–water partition coefficient (Wildman–Crippen LogP) is 2.03. The van der Waals surface area contributed by atoms with Crippen LogP contribution >= 0.6 is 0 Å². The van der Waals surface area contributed by atoms with Crippen molar-refractivity contribution >= 4 is 17.8 Å². The lowest BCUT2D eigenvalue weighted by Crippen LogP contribution is -2.41. The van der Waals surface area contributed by atoms with Gasteiger partial charge in [-0.3, -0.25) is 4.79 Å². The van der Waals surface area contributed by atoms with Crippen molar-refractivity contribution in [2.45, 2.75) is 26.0 Å². The number of carbonyl (C=O) groups is 3. The molecular weight excluding hydrogens is 362 g/mol. The lowest BCUT2D eigenvalue weighted by Gasteiger charge is -2.15. The molecular formula is C21H23NO6. The Labute approximate surface area is 163 Å². The van der Waals surface area contributed by atoms with Crippen molar-refractivity contribution in [1.29, 1.82) is 0 Å². The van der Waals surface area contributed by atoms with Gasteiger partial charge >= 0.3 is 11.9 Å². The summed E-state index contributed by atoms with van der Waals surface area (Å²) in [7, 11) is 1.27. The third-order valence-corrected chi connectivity index (χ3v) is 3.83. The van der Waals surface area contributed by atoms with Gasteiger partial charge in [0.2, 0.25) is 5.91 Å². The normalized spacial score (nSPS) is 11.2. The highest BCUT2D eigenvalue weighted by Gasteiger charge is 2.20. The maximum atomic E-state index is 11.8. The van der Waals surface area contributed by atoms with Crippen LogP contribution in [0.4, 0.5) is 0 Å². The van der Waals surface area contributed by atoms with E-state index in [1.165, 1.54) is 14.0 Å². The molecule has 2 aromatic rings. The van der Waals surface area contributed by atoms with Crippen LogP contribution in [0.1, 0.15) is 18.1 Å². The average Bonchev–Trinajstić information content (AvgIpc) is 2.71. The summed E-state index contributed by atoms with van der Waals surface area (Å²) < 4.78 is 15.3. The Kier molecular flexibility index (Phi) is 8.02. The highest BCUT2D eigenvalue weighted by molar-refractivity contribution is 5.83. The molecule has 0 spiro atoms. The van der Waals surface area contributed by atoms with Crippen LogP contribution in [0.25, 0.3) is 0 Å². The zero-order valence-corrected chi connectivity index (χ0v) is 15.8. The second kappa shape index (κ2) is 10.7. The van der Waals surface area contributed by atoms with Gasteiger partial charge in [-0.05, 0) is 23.3 Å². The maximum Gasteiger partial charge on any atom is 0.344 e. The first-order valence-corrected chi connectivity index (χ1v) is 8.74. The molecule has 0 bridgehead atoms. The van der Waals surface area contributed by atoms with E-state index in [0.717, 1.165) is 11.1 Å². The summed E-state index contributed by atoms with van der Waals surface area (Å²) in [4.78, 5) is 34.8. The van der Waals surface area contributed by atoms with Gasteiger partial charge in [0, 0.05) is 13.3 Å². The van der Waals surface area contributed by atoms with Crippen LogP contribution in [-0.2, 0) is 36.9 Å². The minimum absolute atomic E-state index is 0.194. The van der Waals surface area contributed by atoms with Gasteiger partial charge in [-0.25, -0.2) is 9.59 Å². The second-order valence-corrected chi connectivity index (χ2v) is 6.06. The molecule has 0 aliphatic carbocycles. The zero-order chi connectivity index (χ0) is 20.4. The molecule has 0 saturated heterocycles. The predicted molar refractivity (Wildman–Crippen MR) is 101 cm³/mol. The van der Waals surface area contributed by atoms with Gasteiger partial charge in [0.25, 0.3) is 0 Å². The van der Waals surface area contributed by atoms with E-state index in [4.69, 9.17) is 14.2 Å². The van der Waals surface area contributed by atoms with Crippen LogP contribution in [-0.4, -0.2) is 37.6 Å². The monoisotopic (exact) mass is 385 g/mol. The van der Waals surface area contributed by atoms with Gasteiger partial charge in [-0.2, -0.15) is 0 Å². The quantitative estimate of drug-likeness (QED) is 0.664. The fraction of sp³-hybridized carbons (Fsp3) is 0.286. The standard InChI is InChI=1S/C21H23NO6/c1-15(23)22-19(21(25)26-2)12-16-8-10-18(11-9-16)27-14-20(24)28-13-17-6-4-3-5-7-17/h3-11,19H,12-14H2,1-2H3,(H,22,23). The number of benzene rings is 2. The van der Waals surface area contributed by atoms with Crippen molar-refractivity contribution in [3.63, 3.8) is 0 Å². The molecule has 0 heterocycles. The Balaban J connectivity index is 1.82. The SMILES string of the molecule is COC(=O)C(Cc1ccc(OCC(=O)OCc2ccccc2)cc1)NC(C)=O. The molecule has 148 valence electrons. The van der Waals surface area contributed by atoms with Crippen LogP contribution in [0.5, 0.6) is 5.75 Å². The topological polar surface area (TPSA) is 90.9 Å². The summed E-state index contributed by atoms with van der Waals surface area (Å²) >= 11 is 0. The third kappa shape index (κ3) is 7.11. The minimum Gasteiger partial charge on any atom is -0.482 e. The summed E-state index contributed by atoms with van der Waals surface area (Å²) in [5.74, 6) is -0.806. The second-order valence-electron chi connectivity index (χ2n) is 6.06. The van der Waals surface area contributed by atoms with Gasteiger partial charge in [-0.15, -0.1) is 0 Å². The van der Waals surface area contributed by atoms with Crippen LogP contribution in [0.2, 0.25) is 0 Å². The summed E-state index contributed by atoms with van der Waals surface area (Å²) in [6, 6.07) is 15.5. The highest BCUT2D eigenvalue weighted by Crippen LogP contribution is 2.14. The molecule has 0 fully saturated rings. The zero-order valence-electron chi connectivity index (χ0n) is 15.8. The first kappa shape index (κ1) is 21.0. The molecule has 1 amide bonds. The van der Waals surface area contributed by atoms with E-state index in [1.807, 2.05) is 30.3 Å². The van der Waals surface area contributed by atoms with Gasteiger partial charge in [-0.1, -0.05) is 42.5 Å². The maximum absolute atomic E-state index is 11.8. The summed E-state index contributed by atoms with van der Waals surface area (Å²) in [5, 5.41) is 2.56. The fourth-order valence-electron chi connectivity index (χ4n) is 2.46. The van der Waals surface area contributed by atoms with Crippen LogP contribution in [0.15, 0.2) is 54.6 Å². The van der Waals surface area contributed by atoms with Gasteiger partial charge in [0.05, 0.1) is 7.11 Å². The molecule has 1 N–H and O–H groups in total. The van der Waals surface area contributed by atoms with Crippen LogP contribution in [0.3, 0.4) is 0 Å². The fourth-order valence-corrected chi connectivity index (χ4v) is 2.46. The first-order chi connectivity index (χ1) is 13.5. The highest BCUT2D eigenvalue weighted by atomic mass is 16.6. The lowest BCUT2D eigenvalue weighted by atomic mass is 10.1. The molecule has 1 unspecified atom stereocenters. The molecule has 2 aromatic carbocycles. The van der Waals surface area contributed by atoms with E-state index >= 15 is 0 Å². The Morgan fingerprint density at radius 2 is 1.64 bits per heavy atom. The molecule has 7 nitrogen and oxygen atoms in total. The first-order valence-electron chi connectivity index (χ1n) is 8.74. The smallest absolute Gasteiger partial charge is 0.344 e. The average molecular weight is 385 g/mol. The number of carbonyl (C=O) groups excluding carboxylic acids is 3. The lowest BCUT2D eigenvalue weighted by molar-refractivity contribution is -0.147. The Morgan fingerprint density at radius 1 is 0.964 bits per heavy atom. The number of ether oxygens (including phenoxy) is 3. The van der Waals surface area contributed by atoms with E-state index in [-0.39, 0.29) is 25.5 Å². The molecule has 0 saturated carbocycles. The van der Waals surface area contributed by atoms with Gasteiger partial charge < -0.3 is 19.5 Å². The van der Waals surface area contributed by atoms with Crippen molar-refractivity contribution in [3.8, 4) is 5.75 Å². The van der Waals surface area contributed by atoms with Crippen LogP contribution < -0.4 is 10.1 Å². The van der Waals surface area contributed by atoms with Gasteiger partial charge in [0.1, 0.15) is 18.4 Å². The molecule has 2 rings (SSSR count). The van der Waals surface area contributed by atoms with Crippen LogP contribution in [0, 0.1) is 0 Å². The van der Waals surface area contributed by atoms with E-state index in [1.54, 1.807) is 24.3 Å². The Morgan fingerprint density at radius 3 is 2.25 bits per heavy atom. The van der Waals surface area contributed by atoms with E-state index in [0.29, 0.717) is 5.75 Å². The molecule has 28 heavy (non-hydrogen) atoms. The number of nitrogens with one attached hydrogen (secondary N) is 1. The summed E-state index contributed by atoms with van der Waals surface area (Å²) in [6.45, 7) is 1.33. The van der Waals surface area contributed by atoms with E-state index in [2.05, 4.69) is 5.32 Å². The largest absolute Gasteiger partial charge is 0.482 e. The number of rotatable bonds is 9. The number of hydrogen-bond acceptors (Lipinski definition) is 6. The molecule has 7 heteroatoms. The molecule has 0 aromatic heterocycles. The Bertz CT molecular complexity index is 788. The molecule has 0 aliphatic heterocycles.